The Morgan fingerprint density at radius 3 is 3.06 bits per heavy atom. The van der Waals surface area contributed by atoms with Gasteiger partial charge in [-0.1, -0.05) is 0 Å². The summed E-state index contributed by atoms with van der Waals surface area (Å²) < 4.78 is 6.64. The highest BCUT2D eigenvalue weighted by Crippen LogP contribution is 2.20. The molecule has 0 aliphatic heterocycles. The summed E-state index contributed by atoms with van der Waals surface area (Å²) in [6.07, 6.45) is 2.80. The molecule has 3 rings (SSSR count). The van der Waals surface area contributed by atoms with Gasteiger partial charge in [0.25, 0.3) is 5.78 Å². The van der Waals surface area contributed by atoms with E-state index in [2.05, 4.69) is 15.1 Å². The molecule has 0 saturated carbocycles. The molecular formula is C10H6N4O3. The van der Waals surface area contributed by atoms with E-state index in [-0.39, 0.29) is 11.5 Å². The standard InChI is InChI=1S/C10H6N4O3/c15-9(16)6-4-7(8-2-1-3-17-8)14-10(13-6)11-5-12-14/h1-5H,(H,15,16). The molecule has 0 amide bonds. The van der Waals surface area contributed by atoms with Gasteiger partial charge < -0.3 is 9.52 Å². The lowest BCUT2D eigenvalue weighted by atomic mass is 10.2. The molecule has 7 heteroatoms. The molecule has 17 heavy (non-hydrogen) atoms. The molecule has 0 radical (unpaired) electrons. The fourth-order valence-electron chi connectivity index (χ4n) is 1.52. The van der Waals surface area contributed by atoms with Crippen molar-refractivity contribution in [1.29, 1.82) is 0 Å². The third-order valence-electron chi connectivity index (χ3n) is 2.24. The molecule has 0 aliphatic rings. The minimum Gasteiger partial charge on any atom is -0.477 e. The van der Waals surface area contributed by atoms with Crippen molar-refractivity contribution in [3.63, 3.8) is 0 Å². The van der Waals surface area contributed by atoms with Crippen LogP contribution in [0.3, 0.4) is 0 Å². The zero-order valence-electron chi connectivity index (χ0n) is 8.44. The minimum atomic E-state index is -1.12. The first kappa shape index (κ1) is 9.52. The Bertz CT molecular complexity index is 687. The molecule has 3 heterocycles. The molecule has 7 nitrogen and oxygen atoms in total. The Kier molecular flexibility index (Phi) is 1.91. The van der Waals surface area contributed by atoms with Gasteiger partial charge in [-0.2, -0.15) is 14.6 Å². The first-order valence-corrected chi connectivity index (χ1v) is 4.73. The Morgan fingerprint density at radius 1 is 1.47 bits per heavy atom. The van der Waals surface area contributed by atoms with Crippen LogP contribution in [0, 0.1) is 0 Å². The third kappa shape index (κ3) is 1.44. The summed E-state index contributed by atoms with van der Waals surface area (Å²) in [4.78, 5) is 18.7. The predicted octanol–water partition coefficient (Wildman–Crippen LogP) is 1.08. The Balaban J connectivity index is 2.35. The first-order chi connectivity index (χ1) is 8.25. The van der Waals surface area contributed by atoms with Crippen LogP contribution in [0.2, 0.25) is 0 Å². The number of carboxylic acid groups (broad SMARTS) is 1. The van der Waals surface area contributed by atoms with E-state index in [0.717, 1.165) is 0 Å². The van der Waals surface area contributed by atoms with Crippen LogP contribution in [0.5, 0.6) is 0 Å². The zero-order valence-corrected chi connectivity index (χ0v) is 8.44. The molecule has 3 aromatic heterocycles. The first-order valence-electron chi connectivity index (χ1n) is 4.73. The van der Waals surface area contributed by atoms with Gasteiger partial charge in [0.15, 0.2) is 11.5 Å². The number of aromatic nitrogens is 4. The minimum absolute atomic E-state index is 0.100. The van der Waals surface area contributed by atoms with Crippen LogP contribution in [0.25, 0.3) is 17.2 Å². The van der Waals surface area contributed by atoms with Crippen molar-refractivity contribution in [1.82, 2.24) is 19.6 Å². The van der Waals surface area contributed by atoms with Gasteiger partial charge in [-0.25, -0.2) is 9.78 Å². The van der Waals surface area contributed by atoms with E-state index in [1.807, 2.05) is 0 Å². The average molecular weight is 230 g/mol. The largest absolute Gasteiger partial charge is 0.477 e. The van der Waals surface area contributed by atoms with E-state index in [4.69, 9.17) is 9.52 Å². The van der Waals surface area contributed by atoms with E-state index >= 15 is 0 Å². The normalized spacial score (nSPS) is 10.8. The highest BCUT2D eigenvalue weighted by Gasteiger charge is 2.14. The zero-order chi connectivity index (χ0) is 11.8. The van der Waals surface area contributed by atoms with Crippen LogP contribution in [0.15, 0.2) is 35.2 Å². The molecule has 0 bridgehead atoms. The molecule has 84 valence electrons. The van der Waals surface area contributed by atoms with Gasteiger partial charge in [0.1, 0.15) is 12.0 Å². The fraction of sp³-hybridized carbons (Fsp3) is 0. The summed E-state index contributed by atoms with van der Waals surface area (Å²) >= 11 is 0. The smallest absolute Gasteiger partial charge is 0.354 e. The lowest BCUT2D eigenvalue weighted by Crippen LogP contribution is -2.05. The number of hydrogen-bond acceptors (Lipinski definition) is 5. The molecule has 0 unspecified atom stereocenters. The summed E-state index contributed by atoms with van der Waals surface area (Å²) in [5, 5.41) is 12.9. The summed E-state index contributed by atoms with van der Waals surface area (Å²) in [6.45, 7) is 0. The van der Waals surface area contributed by atoms with Crippen molar-refractivity contribution in [2.24, 2.45) is 0 Å². The van der Waals surface area contributed by atoms with Crippen molar-refractivity contribution in [3.05, 3.63) is 36.5 Å². The van der Waals surface area contributed by atoms with Gasteiger partial charge in [0.05, 0.1) is 6.26 Å². The molecular weight excluding hydrogens is 224 g/mol. The summed E-state index contributed by atoms with van der Waals surface area (Å²) in [6, 6.07) is 4.81. The second kappa shape index (κ2) is 3.41. The second-order valence-corrected chi connectivity index (χ2v) is 3.28. The number of aromatic carboxylic acids is 1. The fourth-order valence-corrected chi connectivity index (χ4v) is 1.52. The van der Waals surface area contributed by atoms with Crippen molar-refractivity contribution >= 4 is 11.7 Å². The Morgan fingerprint density at radius 2 is 2.35 bits per heavy atom. The Hall–Kier alpha value is -2.70. The van der Waals surface area contributed by atoms with Crippen molar-refractivity contribution in [3.8, 4) is 11.5 Å². The number of carboxylic acids is 1. The lowest BCUT2D eigenvalue weighted by molar-refractivity contribution is 0.0690. The van der Waals surface area contributed by atoms with Gasteiger partial charge in [-0.15, -0.1) is 0 Å². The molecule has 0 saturated heterocycles. The number of nitrogens with zero attached hydrogens (tertiary/aromatic N) is 4. The van der Waals surface area contributed by atoms with Crippen LogP contribution in [-0.4, -0.2) is 30.7 Å². The van der Waals surface area contributed by atoms with Crippen molar-refractivity contribution in [2.75, 3.05) is 0 Å². The molecule has 1 N–H and O–H groups in total. The van der Waals surface area contributed by atoms with Crippen LogP contribution in [0.1, 0.15) is 10.5 Å². The monoisotopic (exact) mass is 230 g/mol. The summed E-state index contributed by atoms with van der Waals surface area (Å²) in [7, 11) is 0. The van der Waals surface area contributed by atoms with Crippen molar-refractivity contribution < 1.29 is 14.3 Å². The van der Waals surface area contributed by atoms with Gasteiger partial charge >= 0.3 is 5.97 Å². The molecule has 3 aromatic rings. The number of hydrogen-bond donors (Lipinski definition) is 1. The highest BCUT2D eigenvalue weighted by atomic mass is 16.4. The van der Waals surface area contributed by atoms with Crippen LogP contribution >= 0.6 is 0 Å². The van der Waals surface area contributed by atoms with E-state index < -0.39 is 5.97 Å². The molecule has 0 aliphatic carbocycles. The third-order valence-corrected chi connectivity index (χ3v) is 2.24. The molecule has 0 atom stereocenters. The topological polar surface area (TPSA) is 93.5 Å². The molecule has 0 spiro atoms. The van der Waals surface area contributed by atoms with E-state index in [9.17, 15) is 4.79 Å². The maximum absolute atomic E-state index is 10.9. The van der Waals surface area contributed by atoms with E-state index in [1.165, 1.54) is 23.2 Å². The number of fused-ring (bicyclic) bond motifs is 1. The van der Waals surface area contributed by atoms with Crippen LogP contribution < -0.4 is 0 Å². The second-order valence-electron chi connectivity index (χ2n) is 3.28. The quantitative estimate of drug-likeness (QED) is 0.708. The van der Waals surface area contributed by atoms with Gasteiger partial charge in [-0.3, -0.25) is 0 Å². The van der Waals surface area contributed by atoms with E-state index in [1.54, 1.807) is 12.1 Å². The maximum Gasteiger partial charge on any atom is 0.354 e. The Labute approximate surface area is 94.3 Å². The van der Waals surface area contributed by atoms with Gasteiger partial charge in [0, 0.05) is 6.07 Å². The number of furan rings is 1. The van der Waals surface area contributed by atoms with Gasteiger partial charge in [0.2, 0.25) is 0 Å². The lowest BCUT2D eigenvalue weighted by Gasteiger charge is -2.01. The molecule has 0 fully saturated rings. The SMILES string of the molecule is O=C(O)c1cc(-c2ccco2)n2ncnc2n1. The highest BCUT2D eigenvalue weighted by molar-refractivity contribution is 5.87. The maximum atomic E-state index is 10.9. The van der Waals surface area contributed by atoms with E-state index in [0.29, 0.717) is 11.5 Å². The summed E-state index contributed by atoms with van der Waals surface area (Å²) in [5.41, 5.74) is 0.395. The number of rotatable bonds is 2. The van der Waals surface area contributed by atoms with Crippen LogP contribution in [-0.2, 0) is 0 Å². The molecule has 0 aromatic carbocycles. The van der Waals surface area contributed by atoms with Crippen molar-refractivity contribution in [2.45, 2.75) is 0 Å². The van der Waals surface area contributed by atoms with Gasteiger partial charge in [-0.05, 0) is 12.1 Å². The summed E-state index contributed by atoms with van der Waals surface area (Å²) in [5.74, 6) is -0.398. The number of carbonyl (C=O) groups is 1. The predicted molar refractivity (Wildman–Crippen MR) is 55.4 cm³/mol. The average Bonchev–Trinajstić information content (AvgIpc) is 2.98. The van der Waals surface area contributed by atoms with Crippen LogP contribution in [0.4, 0.5) is 0 Å².